The van der Waals surface area contributed by atoms with E-state index in [0.29, 0.717) is 6.10 Å². The molecule has 0 aromatic carbocycles. The molecule has 0 radical (unpaired) electrons. The van der Waals surface area contributed by atoms with Crippen molar-refractivity contribution in [2.45, 2.75) is 22.9 Å². The van der Waals surface area contributed by atoms with Crippen molar-refractivity contribution in [1.29, 1.82) is 0 Å². The van der Waals surface area contributed by atoms with Crippen LogP contribution in [0.3, 0.4) is 0 Å². The first-order valence-electron chi connectivity index (χ1n) is 2.16. The van der Waals surface area contributed by atoms with Gasteiger partial charge < -0.3 is 4.74 Å². The van der Waals surface area contributed by atoms with Crippen molar-refractivity contribution < 1.29 is 4.74 Å². The minimum atomic E-state index is -0.181. The highest BCUT2D eigenvalue weighted by Crippen LogP contribution is 2.43. The highest BCUT2D eigenvalue weighted by molar-refractivity contribution is 9.25. The Morgan fingerprint density at radius 1 is 1.71 bits per heavy atom. The average Bonchev–Trinajstić information content (AvgIpc) is 1.27. The fourth-order valence-corrected chi connectivity index (χ4v) is 2.17. The number of alkyl halides is 2. The van der Waals surface area contributed by atoms with Crippen LogP contribution in [0, 0.1) is 0 Å². The van der Waals surface area contributed by atoms with Crippen LogP contribution in [0.5, 0.6) is 0 Å². The standard InChI is InChI=1S/C4H6Br2O/c1-3-2-4(5,6)7-3/h3H,2H2,1H3. The third kappa shape index (κ3) is 1.40. The van der Waals surface area contributed by atoms with E-state index in [1.165, 1.54) is 0 Å². The molecule has 1 fully saturated rings. The van der Waals surface area contributed by atoms with Gasteiger partial charge in [-0.2, -0.15) is 0 Å². The summed E-state index contributed by atoms with van der Waals surface area (Å²) in [4.78, 5) is 0. The fourth-order valence-electron chi connectivity index (χ4n) is 0.619. The Hall–Kier alpha value is 0.920. The van der Waals surface area contributed by atoms with Crippen molar-refractivity contribution >= 4 is 31.9 Å². The summed E-state index contributed by atoms with van der Waals surface area (Å²) >= 11 is 6.60. The van der Waals surface area contributed by atoms with Crippen molar-refractivity contribution in [1.82, 2.24) is 0 Å². The van der Waals surface area contributed by atoms with Gasteiger partial charge in [-0.15, -0.1) is 0 Å². The zero-order valence-corrected chi connectivity index (χ0v) is 7.12. The molecule has 0 bridgehead atoms. The number of ether oxygens (including phenoxy) is 1. The predicted molar refractivity (Wildman–Crippen MR) is 35.7 cm³/mol. The molecule has 0 spiro atoms. The van der Waals surface area contributed by atoms with Crippen LogP contribution < -0.4 is 0 Å². The summed E-state index contributed by atoms with van der Waals surface area (Å²) in [6.07, 6.45) is 1.46. The molecule has 1 rings (SSSR count). The molecule has 1 aliphatic rings. The smallest absolute Gasteiger partial charge is 0.180 e. The molecule has 1 aliphatic heterocycles. The number of rotatable bonds is 0. The third-order valence-corrected chi connectivity index (χ3v) is 1.92. The van der Waals surface area contributed by atoms with E-state index in [0.717, 1.165) is 6.42 Å². The maximum atomic E-state index is 5.16. The molecule has 1 saturated heterocycles. The Morgan fingerprint density at radius 3 is 2.14 bits per heavy atom. The number of hydrogen-bond acceptors (Lipinski definition) is 1. The largest absolute Gasteiger partial charge is 0.350 e. The summed E-state index contributed by atoms with van der Waals surface area (Å²) in [5.41, 5.74) is 0. The van der Waals surface area contributed by atoms with E-state index in [2.05, 4.69) is 31.9 Å². The van der Waals surface area contributed by atoms with Crippen molar-refractivity contribution in [3.8, 4) is 0 Å². The first-order chi connectivity index (χ1) is 3.10. The van der Waals surface area contributed by atoms with Crippen LogP contribution in [-0.4, -0.2) is 9.52 Å². The lowest BCUT2D eigenvalue weighted by atomic mass is 10.2. The Morgan fingerprint density at radius 2 is 2.14 bits per heavy atom. The molecular weight excluding hydrogens is 224 g/mol. The monoisotopic (exact) mass is 228 g/mol. The van der Waals surface area contributed by atoms with Gasteiger partial charge in [0.1, 0.15) is 0 Å². The van der Waals surface area contributed by atoms with Crippen molar-refractivity contribution in [2.24, 2.45) is 0 Å². The molecule has 42 valence electrons. The van der Waals surface area contributed by atoms with Crippen LogP contribution in [0.1, 0.15) is 13.3 Å². The molecule has 0 aromatic heterocycles. The Balaban J connectivity index is 2.29. The Kier molecular flexibility index (Phi) is 1.47. The predicted octanol–water partition coefficient (Wildman–Crippen LogP) is 2.24. The molecule has 0 amide bonds. The van der Waals surface area contributed by atoms with E-state index in [1.54, 1.807) is 0 Å². The van der Waals surface area contributed by atoms with Gasteiger partial charge in [0, 0.05) is 6.42 Å². The van der Waals surface area contributed by atoms with E-state index >= 15 is 0 Å². The lowest BCUT2D eigenvalue weighted by Gasteiger charge is -2.36. The van der Waals surface area contributed by atoms with Gasteiger partial charge in [0.2, 0.25) is 0 Å². The number of halogens is 2. The minimum absolute atomic E-state index is 0.181. The van der Waals surface area contributed by atoms with Crippen LogP contribution in [0.2, 0.25) is 0 Å². The molecule has 0 N–H and O–H groups in total. The second-order valence-corrected chi connectivity index (χ2v) is 5.40. The van der Waals surface area contributed by atoms with Gasteiger partial charge >= 0.3 is 0 Å². The molecule has 1 nitrogen and oxygen atoms in total. The van der Waals surface area contributed by atoms with Crippen LogP contribution in [-0.2, 0) is 4.74 Å². The molecular formula is C4H6Br2O. The lowest BCUT2D eigenvalue weighted by molar-refractivity contribution is -0.0744. The first kappa shape index (κ1) is 6.05. The third-order valence-electron chi connectivity index (χ3n) is 0.899. The van der Waals surface area contributed by atoms with E-state index in [-0.39, 0.29) is 3.42 Å². The first-order valence-corrected chi connectivity index (χ1v) is 3.74. The molecule has 0 saturated carbocycles. The fraction of sp³-hybridized carbons (Fsp3) is 1.00. The van der Waals surface area contributed by atoms with E-state index in [1.807, 2.05) is 6.92 Å². The average molecular weight is 230 g/mol. The summed E-state index contributed by atoms with van der Waals surface area (Å²) in [5.74, 6) is 0. The second kappa shape index (κ2) is 1.71. The normalized spacial score (nSPS) is 37.3. The summed E-state index contributed by atoms with van der Waals surface area (Å²) in [5, 5.41) is 0. The highest BCUT2D eigenvalue weighted by atomic mass is 79.9. The molecule has 0 aromatic rings. The minimum Gasteiger partial charge on any atom is -0.350 e. The van der Waals surface area contributed by atoms with E-state index in [9.17, 15) is 0 Å². The lowest BCUT2D eigenvalue weighted by Crippen LogP contribution is -2.38. The molecule has 1 atom stereocenters. The Labute approximate surface area is 59.7 Å². The van der Waals surface area contributed by atoms with Crippen molar-refractivity contribution in [3.05, 3.63) is 0 Å². The van der Waals surface area contributed by atoms with E-state index in [4.69, 9.17) is 4.74 Å². The van der Waals surface area contributed by atoms with Gasteiger partial charge in [-0.25, -0.2) is 0 Å². The van der Waals surface area contributed by atoms with Gasteiger partial charge in [-0.05, 0) is 38.8 Å². The summed E-state index contributed by atoms with van der Waals surface area (Å²) in [6.45, 7) is 2.04. The van der Waals surface area contributed by atoms with Crippen molar-refractivity contribution in [2.75, 3.05) is 0 Å². The van der Waals surface area contributed by atoms with Crippen LogP contribution >= 0.6 is 31.9 Å². The molecule has 1 unspecified atom stereocenters. The zero-order chi connectivity index (χ0) is 5.49. The quantitative estimate of drug-likeness (QED) is 0.579. The van der Waals surface area contributed by atoms with Crippen LogP contribution in [0.4, 0.5) is 0 Å². The molecule has 7 heavy (non-hydrogen) atoms. The molecule has 3 heteroatoms. The Bertz CT molecular complexity index is 73.8. The second-order valence-electron chi connectivity index (χ2n) is 1.77. The van der Waals surface area contributed by atoms with Gasteiger partial charge in [-0.1, -0.05) is 0 Å². The molecule has 0 aliphatic carbocycles. The topological polar surface area (TPSA) is 9.23 Å². The SMILES string of the molecule is CC1CC(Br)(Br)O1. The maximum Gasteiger partial charge on any atom is 0.180 e. The zero-order valence-electron chi connectivity index (χ0n) is 3.95. The van der Waals surface area contributed by atoms with Crippen LogP contribution in [0.25, 0.3) is 0 Å². The number of hydrogen-bond donors (Lipinski definition) is 0. The van der Waals surface area contributed by atoms with E-state index < -0.39 is 0 Å². The van der Waals surface area contributed by atoms with Crippen LogP contribution in [0.15, 0.2) is 0 Å². The summed E-state index contributed by atoms with van der Waals surface area (Å²) in [7, 11) is 0. The van der Waals surface area contributed by atoms with Gasteiger partial charge in [0.05, 0.1) is 6.10 Å². The van der Waals surface area contributed by atoms with Gasteiger partial charge in [-0.3, -0.25) is 0 Å². The summed E-state index contributed by atoms with van der Waals surface area (Å²) < 4.78 is 4.98. The molecule has 1 heterocycles. The van der Waals surface area contributed by atoms with Gasteiger partial charge in [0.15, 0.2) is 3.42 Å². The maximum absolute atomic E-state index is 5.16. The summed E-state index contributed by atoms with van der Waals surface area (Å²) in [6, 6.07) is 0. The van der Waals surface area contributed by atoms with Crippen molar-refractivity contribution in [3.63, 3.8) is 0 Å². The van der Waals surface area contributed by atoms with Gasteiger partial charge in [0.25, 0.3) is 0 Å². The highest BCUT2D eigenvalue weighted by Gasteiger charge is 2.37.